The third-order valence-corrected chi connectivity index (χ3v) is 5.71. The van der Waals surface area contributed by atoms with E-state index in [1.807, 2.05) is 31.2 Å². The minimum absolute atomic E-state index is 0.0110. The second kappa shape index (κ2) is 8.48. The van der Waals surface area contributed by atoms with Gasteiger partial charge in [0.1, 0.15) is 17.1 Å². The lowest BCUT2D eigenvalue weighted by molar-refractivity contribution is 0.0695. The number of pyridine rings is 1. The molecule has 0 unspecified atom stereocenters. The first-order valence-electron chi connectivity index (χ1n) is 9.86. The molecule has 32 heavy (non-hydrogen) atoms. The molecule has 0 aliphatic heterocycles. The van der Waals surface area contributed by atoms with Crippen molar-refractivity contribution in [2.45, 2.75) is 19.9 Å². The first kappa shape index (κ1) is 21.6. The van der Waals surface area contributed by atoms with Gasteiger partial charge in [0.05, 0.1) is 15.9 Å². The monoisotopic (exact) mass is 451 g/mol. The predicted molar refractivity (Wildman–Crippen MR) is 121 cm³/mol. The molecule has 162 valence electrons. The number of fused-ring (bicyclic) bond motifs is 1. The third-order valence-electron chi connectivity index (χ3n) is 5.42. The minimum Gasteiger partial charge on any atom is -0.507 e. The molecule has 0 aliphatic carbocycles. The molecule has 2 N–H and O–H groups in total. The molecule has 0 spiro atoms. The molecule has 0 saturated carbocycles. The number of aromatic carboxylic acids is 1. The number of aromatic hydroxyl groups is 1. The van der Waals surface area contributed by atoms with Crippen molar-refractivity contribution in [3.63, 3.8) is 0 Å². The topological polar surface area (TPSA) is 79.5 Å². The molecular formula is C25H19ClFNO4. The number of phenols is 1. The van der Waals surface area contributed by atoms with Gasteiger partial charge < -0.3 is 14.8 Å². The molecular weight excluding hydrogens is 433 g/mol. The molecule has 0 aliphatic rings. The zero-order valence-electron chi connectivity index (χ0n) is 17.1. The van der Waals surface area contributed by atoms with Crippen LogP contribution in [0.2, 0.25) is 5.02 Å². The van der Waals surface area contributed by atoms with E-state index < -0.39 is 22.8 Å². The Labute approximate surface area is 187 Å². The fourth-order valence-corrected chi connectivity index (χ4v) is 3.91. The maximum Gasteiger partial charge on any atom is 0.341 e. The van der Waals surface area contributed by atoms with Crippen molar-refractivity contribution in [3.05, 3.63) is 110 Å². The highest BCUT2D eigenvalue weighted by Gasteiger charge is 2.20. The molecule has 4 aromatic rings. The number of carbonyl (C=O) groups is 1. The van der Waals surface area contributed by atoms with E-state index in [2.05, 4.69) is 0 Å². The van der Waals surface area contributed by atoms with Crippen molar-refractivity contribution in [2.24, 2.45) is 0 Å². The molecule has 4 rings (SSSR count). The fraction of sp³-hybridized carbons (Fsp3) is 0.120. The van der Waals surface area contributed by atoms with E-state index in [1.54, 1.807) is 22.8 Å². The van der Waals surface area contributed by atoms with Gasteiger partial charge >= 0.3 is 5.97 Å². The Hall–Kier alpha value is -3.64. The van der Waals surface area contributed by atoms with Gasteiger partial charge in [-0.1, -0.05) is 59.6 Å². The van der Waals surface area contributed by atoms with Crippen molar-refractivity contribution in [2.75, 3.05) is 0 Å². The molecule has 0 radical (unpaired) electrons. The number of nitrogens with zero attached hydrogens (tertiary/aromatic N) is 1. The summed E-state index contributed by atoms with van der Waals surface area (Å²) in [6.07, 6.45) is 1.27. The summed E-state index contributed by atoms with van der Waals surface area (Å²) in [6.45, 7) is 2.27. The van der Waals surface area contributed by atoms with Crippen molar-refractivity contribution < 1.29 is 19.4 Å². The van der Waals surface area contributed by atoms with Gasteiger partial charge in [0.2, 0.25) is 5.43 Å². The van der Waals surface area contributed by atoms with Crippen LogP contribution < -0.4 is 5.43 Å². The van der Waals surface area contributed by atoms with E-state index in [-0.39, 0.29) is 28.1 Å². The number of benzene rings is 3. The number of aromatic nitrogens is 1. The summed E-state index contributed by atoms with van der Waals surface area (Å²) >= 11 is 5.85. The fourth-order valence-electron chi connectivity index (χ4n) is 3.71. The second-order valence-corrected chi connectivity index (χ2v) is 8.05. The van der Waals surface area contributed by atoms with Gasteiger partial charge in [-0.25, -0.2) is 9.18 Å². The van der Waals surface area contributed by atoms with Gasteiger partial charge in [-0.15, -0.1) is 0 Å². The van der Waals surface area contributed by atoms with Crippen LogP contribution >= 0.6 is 11.6 Å². The molecule has 0 atom stereocenters. The number of hydrogen-bond acceptors (Lipinski definition) is 3. The van der Waals surface area contributed by atoms with Gasteiger partial charge in [0.25, 0.3) is 0 Å². The van der Waals surface area contributed by atoms with Crippen molar-refractivity contribution >= 4 is 28.5 Å². The number of carboxylic acids is 1. The number of halogens is 2. The maximum atomic E-state index is 14.4. The first-order chi connectivity index (χ1) is 15.3. The molecule has 3 aromatic carbocycles. The lowest BCUT2D eigenvalue weighted by Crippen LogP contribution is -2.19. The highest BCUT2D eigenvalue weighted by molar-refractivity contribution is 6.30. The highest BCUT2D eigenvalue weighted by Crippen LogP contribution is 2.30. The molecule has 1 aromatic heterocycles. The molecule has 0 amide bonds. The molecule has 7 heteroatoms. The van der Waals surface area contributed by atoms with Gasteiger partial charge in [-0.05, 0) is 35.7 Å². The SMILES string of the molecule is Cc1ccc(Cn2cc(C(=O)O)c(=O)c3c(O)c(Cc4cccc(Cl)c4F)ccc32)cc1. The lowest BCUT2D eigenvalue weighted by atomic mass is 9.99. The number of aryl methyl sites for hydroxylation is 1. The van der Waals surface area contributed by atoms with Crippen molar-refractivity contribution in [3.8, 4) is 5.75 Å². The number of carboxylic acid groups (broad SMARTS) is 1. The molecule has 5 nitrogen and oxygen atoms in total. The van der Waals surface area contributed by atoms with Crippen molar-refractivity contribution in [1.29, 1.82) is 0 Å². The van der Waals surface area contributed by atoms with Crippen LogP contribution in [0, 0.1) is 12.7 Å². The summed E-state index contributed by atoms with van der Waals surface area (Å²) in [7, 11) is 0. The lowest BCUT2D eigenvalue weighted by Gasteiger charge is -2.15. The summed E-state index contributed by atoms with van der Waals surface area (Å²) in [4.78, 5) is 24.6. The summed E-state index contributed by atoms with van der Waals surface area (Å²) in [5.41, 5.74) is 1.67. The van der Waals surface area contributed by atoms with Gasteiger partial charge in [0.15, 0.2) is 0 Å². The van der Waals surface area contributed by atoms with E-state index in [4.69, 9.17) is 11.6 Å². The molecule has 0 bridgehead atoms. The Morgan fingerprint density at radius 3 is 2.47 bits per heavy atom. The maximum absolute atomic E-state index is 14.4. The Morgan fingerprint density at radius 1 is 1.06 bits per heavy atom. The summed E-state index contributed by atoms with van der Waals surface area (Å²) in [6, 6.07) is 15.5. The summed E-state index contributed by atoms with van der Waals surface area (Å²) in [5.74, 6) is -2.36. The van der Waals surface area contributed by atoms with E-state index >= 15 is 0 Å². The Balaban J connectivity index is 1.89. The van der Waals surface area contributed by atoms with Gasteiger partial charge in [0, 0.05) is 19.2 Å². The minimum atomic E-state index is -1.39. The molecule has 1 heterocycles. The molecule has 0 saturated heterocycles. The van der Waals surface area contributed by atoms with E-state index in [0.29, 0.717) is 17.6 Å². The molecule has 0 fully saturated rings. The highest BCUT2D eigenvalue weighted by atomic mass is 35.5. The Kier molecular flexibility index (Phi) is 5.72. The number of rotatable bonds is 5. The predicted octanol–water partition coefficient (Wildman–Crippen LogP) is 5.15. The second-order valence-electron chi connectivity index (χ2n) is 7.65. The van der Waals surface area contributed by atoms with Crippen LogP contribution in [0.1, 0.15) is 32.6 Å². The summed E-state index contributed by atoms with van der Waals surface area (Å²) in [5, 5.41) is 20.3. The quantitative estimate of drug-likeness (QED) is 0.440. The first-order valence-corrected chi connectivity index (χ1v) is 10.2. The van der Waals surface area contributed by atoms with Crippen LogP contribution in [0.3, 0.4) is 0 Å². The summed E-state index contributed by atoms with van der Waals surface area (Å²) < 4.78 is 16.0. The van der Waals surface area contributed by atoms with Crippen LogP contribution in [-0.4, -0.2) is 20.7 Å². The zero-order chi connectivity index (χ0) is 23.0. The Bertz CT molecular complexity index is 1410. The average Bonchev–Trinajstić information content (AvgIpc) is 2.76. The number of phenolic OH excluding ortho intramolecular Hbond substituents is 1. The third kappa shape index (κ3) is 3.97. The van der Waals surface area contributed by atoms with Crippen LogP contribution in [0.4, 0.5) is 4.39 Å². The van der Waals surface area contributed by atoms with Crippen molar-refractivity contribution in [1.82, 2.24) is 4.57 Å². The van der Waals surface area contributed by atoms with Crippen LogP contribution in [0.15, 0.2) is 65.6 Å². The normalized spacial score (nSPS) is 11.1. The standard InChI is InChI=1S/C25H19ClFNO4/c1-14-5-7-15(8-6-14)12-28-13-18(25(31)32)24(30)21-20(28)10-9-17(23(21)29)11-16-3-2-4-19(26)22(16)27/h2-10,13,29H,11-12H2,1H3,(H,31,32). The average molecular weight is 452 g/mol. The number of hydrogen-bond donors (Lipinski definition) is 2. The largest absolute Gasteiger partial charge is 0.507 e. The van der Waals surface area contributed by atoms with Crippen LogP contribution in [0.5, 0.6) is 5.75 Å². The van der Waals surface area contributed by atoms with Crippen LogP contribution in [0.25, 0.3) is 10.9 Å². The van der Waals surface area contributed by atoms with E-state index in [1.165, 1.54) is 18.3 Å². The van der Waals surface area contributed by atoms with Crippen LogP contribution in [-0.2, 0) is 13.0 Å². The Morgan fingerprint density at radius 2 is 1.78 bits per heavy atom. The van der Waals surface area contributed by atoms with E-state index in [0.717, 1.165) is 11.1 Å². The smallest absolute Gasteiger partial charge is 0.341 e. The van der Waals surface area contributed by atoms with Gasteiger partial charge in [-0.2, -0.15) is 0 Å². The zero-order valence-corrected chi connectivity index (χ0v) is 17.9. The van der Waals surface area contributed by atoms with E-state index in [9.17, 15) is 24.2 Å². The van der Waals surface area contributed by atoms with Gasteiger partial charge in [-0.3, -0.25) is 4.79 Å².